The second-order valence-electron chi connectivity index (χ2n) is 9.81. The largest absolute Gasteiger partial charge is 0.691 e. The van der Waals surface area contributed by atoms with E-state index < -0.39 is 29.4 Å². The van der Waals surface area contributed by atoms with E-state index in [1.165, 1.54) is 53.2 Å². The molecule has 0 radical (unpaired) electrons. The summed E-state index contributed by atoms with van der Waals surface area (Å²) in [5.74, 6) is -1.73. The third kappa shape index (κ3) is 14.2. The number of ether oxygens (including phenoxy) is 1. The second-order valence-corrected chi connectivity index (χ2v) is 12.7. The zero-order valence-electron chi connectivity index (χ0n) is 24.4. The van der Waals surface area contributed by atoms with E-state index in [2.05, 4.69) is 112 Å². The normalized spacial score (nSPS) is 12.0. The molecule has 9 heteroatoms. The fraction of sp³-hybridized carbons (Fsp3) is 0.424. The summed E-state index contributed by atoms with van der Waals surface area (Å²) in [5, 5.41) is 8.32. The number of carbonyl (C=O) groups is 1. The molecule has 0 aromatic heterocycles. The van der Waals surface area contributed by atoms with Gasteiger partial charge < -0.3 is 9.99 Å². The van der Waals surface area contributed by atoms with Crippen LogP contribution in [0.25, 0.3) is 0 Å². The van der Waals surface area contributed by atoms with E-state index in [4.69, 9.17) is 0 Å². The number of hydrogen-bond donors (Lipinski definition) is 0. The van der Waals surface area contributed by atoms with Gasteiger partial charge in [0.2, 0.25) is 0 Å². The zero-order valence-corrected chi connectivity index (χ0v) is 26.1. The van der Waals surface area contributed by atoms with Crippen LogP contribution in [-0.4, -0.2) is 17.3 Å². The lowest BCUT2D eigenvalue weighted by atomic mass is 10.1. The predicted octanol–water partition coefficient (Wildman–Crippen LogP) is 9.09. The number of hydrogen-bond acceptors (Lipinski definition) is 6. The summed E-state index contributed by atoms with van der Waals surface area (Å²) in [7, 11) is -0.0146. The molecule has 0 bridgehead atoms. The molecular weight excluding hydrogens is 578 g/mol. The predicted molar refractivity (Wildman–Crippen MR) is 164 cm³/mol. The minimum absolute atomic E-state index is 0.0146. The van der Waals surface area contributed by atoms with Crippen LogP contribution in [0.2, 0.25) is 0 Å². The molecule has 0 fully saturated rings. The van der Waals surface area contributed by atoms with Crippen molar-refractivity contribution < 1.29 is 32.9 Å². The van der Waals surface area contributed by atoms with Crippen molar-refractivity contribution in [2.45, 2.75) is 104 Å². The van der Waals surface area contributed by atoms with Crippen LogP contribution in [0.3, 0.4) is 0 Å². The Balaban J connectivity index is 0.000000297. The van der Waals surface area contributed by atoms with Crippen LogP contribution in [-0.2, 0) is 29.8 Å². The van der Waals surface area contributed by atoms with Crippen LogP contribution in [0, 0.1) is 0 Å². The smallest absolute Gasteiger partial charge is 0.415 e. The number of benzene rings is 3. The molecule has 1 unspecified atom stereocenters. The molecule has 42 heavy (non-hydrogen) atoms. The van der Waals surface area contributed by atoms with Gasteiger partial charge in [0.25, 0.3) is 0 Å². The standard InChI is InChI=1S/C18H15S.C15H28F2O5S/c1-4-10-16(11-5-1)19(17-12-6-2-7-13-17)18-14-8-3-9-15-18;1-3-4-5-6-7-8-9-10-11-12-13(2)20-14(18)15(16,17)23-22-21-19/h1-15H;13,19H,3-12H2,1-2H3/q+1;/p-1. The van der Waals surface area contributed by atoms with Crippen LogP contribution < -0.4 is 5.26 Å². The van der Waals surface area contributed by atoms with Gasteiger partial charge in [0.15, 0.2) is 14.7 Å². The first-order valence-corrected chi connectivity index (χ1v) is 16.5. The maximum atomic E-state index is 13.1. The molecule has 0 N–H and O–H groups in total. The highest BCUT2D eigenvalue weighted by atomic mass is 32.2. The molecule has 0 spiro atoms. The number of esters is 1. The molecule has 0 amide bonds. The Morgan fingerprint density at radius 1 is 0.762 bits per heavy atom. The van der Waals surface area contributed by atoms with Crippen LogP contribution in [0.5, 0.6) is 0 Å². The summed E-state index contributed by atoms with van der Waals surface area (Å²) in [6, 6.07) is 32.2. The third-order valence-electron chi connectivity index (χ3n) is 6.36. The van der Waals surface area contributed by atoms with Crippen molar-refractivity contribution >= 4 is 28.9 Å². The van der Waals surface area contributed by atoms with Gasteiger partial charge >= 0.3 is 11.2 Å². The Labute approximate surface area is 256 Å². The summed E-state index contributed by atoms with van der Waals surface area (Å²) >= 11 is -0.671. The fourth-order valence-corrected chi connectivity index (χ4v) is 6.56. The van der Waals surface area contributed by atoms with Crippen molar-refractivity contribution in [1.82, 2.24) is 0 Å². The van der Waals surface area contributed by atoms with E-state index in [9.17, 15) is 18.8 Å². The van der Waals surface area contributed by atoms with Crippen molar-refractivity contribution in [3.05, 3.63) is 91.0 Å². The monoisotopic (exact) mass is 620 g/mol. The fourth-order valence-electron chi connectivity index (χ4n) is 4.22. The molecule has 0 aliphatic carbocycles. The van der Waals surface area contributed by atoms with Gasteiger partial charge in [0.05, 0.1) is 17.0 Å². The van der Waals surface area contributed by atoms with Gasteiger partial charge in [-0.05, 0) is 56.2 Å². The minimum atomic E-state index is -3.96. The Kier molecular flexibility index (Phi) is 18.1. The van der Waals surface area contributed by atoms with E-state index in [-0.39, 0.29) is 10.9 Å². The van der Waals surface area contributed by atoms with Gasteiger partial charge in [-0.2, -0.15) is 13.1 Å². The Morgan fingerprint density at radius 3 is 1.57 bits per heavy atom. The highest BCUT2D eigenvalue weighted by Crippen LogP contribution is 2.32. The molecule has 0 saturated carbocycles. The highest BCUT2D eigenvalue weighted by molar-refractivity contribution is 7.97. The van der Waals surface area contributed by atoms with Gasteiger partial charge in [-0.25, -0.2) is 4.79 Å². The summed E-state index contributed by atoms with van der Waals surface area (Å²) in [6.45, 7) is 3.75. The number of unbranched alkanes of at least 4 members (excludes halogenated alkanes) is 8. The lowest BCUT2D eigenvalue weighted by molar-refractivity contribution is -0.777. The van der Waals surface area contributed by atoms with E-state index in [0.29, 0.717) is 6.42 Å². The topological polar surface area (TPSA) is 67.8 Å². The van der Waals surface area contributed by atoms with E-state index in [1.54, 1.807) is 6.92 Å². The third-order valence-corrected chi connectivity index (χ3v) is 9.09. The first-order valence-electron chi connectivity index (χ1n) is 14.5. The highest BCUT2D eigenvalue weighted by Gasteiger charge is 2.44. The van der Waals surface area contributed by atoms with Gasteiger partial charge in [0.1, 0.15) is 12.0 Å². The van der Waals surface area contributed by atoms with Crippen molar-refractivity contribution in [2.75, 3.05) is 0 Å². The number of rotatable bonds is 18. The van der Waals surface area contributed by atoms with Gasteiger partial charge in [-0.3, -0.25) is 5.04 Å². The average molecular weight is 621 g/mol. The van der Waals surface area contributed by atoms with Gasteiger partial charge in [-0.15, -0.1) is 0 Å². The molecule has 0 aliphatic heterocycles. The van der Waals surface area contributed by atoms with Crippen LogP contribution in [0.15, 0.2) is 106 Å². The molecule has 230 valence electrons. The molecule has 3 rings (SSSR count). The molecule has 0 heterocycles. The maximum Gasteiger partial charge on any atom is 0.415 e. The Hall–Kier alpha value is -2.43. The summed E-state index contributed by atoms with van der Waals surface area (Å²) in [6.07, 6.45) is 10.3. The number of carbonyl (C=O) groups excluding carboxylic acids is 1. The summed E-state index contributed by atoms with van der Waals surface area (Å²) in [5.41, 5.74) is 0. The van der Waals surface area contributed by atoms with E-state index in [0.717, 1.165) is 19.3 Å². The van der Waals surface area contributed by atoms with E-state index >= 15 is 0 Å². The lowest BCUT2D eigenvalue weighted by Gasteiger charge is -2.18. The molecule has 1 atom stereocenters. The van der Waals surface area contributed by atoms with Gasteiger partial charge in [0, 0.05) is 0 Å². The first kappa shape index (κ1) is 35.8. The molecule has 3 aromatic carbocycles. The minimum Gasteiger partial charge on any atom is -0.691 e. The molecule has 5 nitrogen and oxygen atoms in total. The number of halogens is 2. The Morgan fingerprint density at radius 2 is 1.17 bits per heavy atom. The average Bonchev–Trinajstić information content (AvgIpc) is 3.01. The lowest BCUT2D eigenvalue weighted by Crippen LogP contribution is -2.31. The number of alkyl halides is 2. The van der Waals surface area contributed by atoms with Crippen molar-refractivity contribution in [2.24, 2.45) is 0 Å². The molecule has 0 saturated heterocycles. The zero-order chi connectivity index (χ0) is 30.5. The molecule has 0 aliphatic rings. The maximum absolute atomic E-state index is 13.1. The van der Waals surface area contributed by atoms with Crippen LogP contribution in [0.4, 0.5) is 8.78 Å². The summed E-state index contributed by atoms with van der Waals surface area (Å²) in [4.78, 5) is 15.3. The van der Waals surface area contributed by atoms with Crippen molar-refractivity contribution in [1.29, 1.82) is 0 Å². The Bertz CT molecular complexity index is 997. The second kappa shape index (κ2) is 21.3. The first-order chi connectivity index (χ1) is 20.4. The molecule has 3 aromatic rings. The van der Waals surface area contributed by atoms with Gasteiger partial charge in [-0.1, -0.05) is 113 Å². The van der Waals surface area contributed by atoms with Crippen molar-refractivity contribution in [3.63, 3.8) is 0 Å². The SMILES string of the molecule is CCCCCCCCCCCC(C)OC(=O)C(F)(F)SOO[O-].c1ccc([S+](c2ccccc2)c2ccccc2)cc1. The van der Waals surface area contributed by atoms with Crippen LogP contribution >= 0.6 is 12.0 Å². The van der Waals surface area contributed by atoms with Crippen molar-refractivity contribution in [3.8, 4) is 0 Å². The molecular formula is C33H42F2O5S2. The summed E-state index contributed by atoms with van der Waals surface area (Å²) < 4.78 is 34.4. The van der Waals surface area contributed by atoms with E-state index in [1.807, 2.05) is 0 Å². The van der Waals surface area contributed by atoms with Crippen LogP contribution in [0.1, 0.15) is 78.1 Å². The quantitative estimate of drug-likeness (QED) is 0.0353.